The predicted molar refractivity (Wildman–Crippen MR) is 75.5 cm³/mol. The molecule has 5 heteroatoms. The molecule has 4 nitrogen and oxygen atoms in total. The lowest BCUT2D eigenvalue weighted by Crippen LogP contribution is -2.20. The van der Waals surface area contributed by atoms with Crippen LogP contribution >= 0.6 is 12.2 Å². The number of hydrogen-bond acceptors (Lipinski definition) is 3. The lowest BCUT2D eigenvalue weighted by molar-refractivity contribution is 0.836. The highest BCUT2D eigenvalue weighted by Crippen LogP contribution is 2.33. The highest BCUT2D eigenvalue weighted by molar-refractivity contribution is 7.71. The van der Waals surface area contributed by atoms with Gasteiger partial charge in [0, 0.05) is 13.6 Å². The lowest BCUT2D eigenvalue weighted by atomic mass is 10.1. The van der Waals surface area contributed by atoms with Crippen molar-refractivity contribution in [3.05, 3.63) is 27.2 Å². The van der Waals surface area contributed by atoms with E-state index in [1.165, 1.54) is 0 Å². The number of anilines is 1. The molecule has 1 N–H and O–H groups in total. The van der Waals surface area contributed by atoms with E-state index in [2.05, 4.69) is 22.8 Å². The molecule has 0 saturated carbocycles. The summed E-state index contributed by atoms with van der Waals surface area (Å²) in [5.41, 5.74) is 1.68. The fourth-order valence-corrected chi connectivity index (χ4v) is 2.20. The fraction of sp³-hybridized carbons (Fsp3) is 0.462. The Hall–Kier alpha value is -1.85. The molecular formula is C13H16N4S. The van der Waals surface area contributed by atoms with Crippen LogP contribution in [-0.4, -0.2) is 18.6 Å². The van der Waals surface area contributed by atoms with Gasteiger partial charge in [0.05, 0.1) is 12.1 Å². The third kappa shape index (κ3) is 2.52. The van der Waals surface area contributed by atoms with Crippen molar-refractivity contribution in [1.29, 1.82) is 5.26 Å². The van der Waals surface area contributed by atoms with Gasteiger partial charge in [0.15, 0.2) is 0 Å². The third-order valence-electron chi connectivity index (χ3n) is 2.79. The SMILES string of the molecule is [C-]#[N+]c1c(N(C)CCC)[nH]c(=S)c(C#N)c1CC. The van der Waals surface area contributed by atoms with Crippen LogP contribution in [0.2, 0.25) is 0 Å². The zero-order valence-electron chi connectivity index (χ0n) is 10.9. The van der Waals surface area contributed by atoms with Gasteiger partial charge in [-0.1, -0.05) is 26.1 Å². The van der Waals surface area contributed by atoms with E-state index in [0.29, 0.717) is 28.1 Å². The van der Waals surface area contributed by atoms with Gasteiger partial charge in [-0.05, 0) is 18.4 Å². The van der Waals surface area contributed by atoms with Gasteiger partial charge in [-0.15, -0.1) is 0 Å². The van der Waals surface area contributed by atoms with E-state index in [1.54, 1.807) is 0 Å². The third-order valence-corrected chi connectivity index (χ3v) is 3.10. The van der Waals surface area contributed by atoms with E-state index in [-0.39, 0.29) is 0 Å². The smallest absolute Gasteiger partial charge is 0.230 e. The number of H-pyrrole nitrogens is 1. The summed E-state index contributed by atoms with van der Waals surface area (Å²) in [6, 6.07) is 2.09. The molecule has 0 spiro atoms. The van der Waals surface area contributed by atoms with Crippen molar-refractivity contribution in [3.8, 4) is 6.07 Å². The zero-order valence-corrected chi connectivity index (χ0v) is 11.7. The molecule has 0 saturated heterocycles. The number of nitrogens with zero attached hydrogens (tertiary/aromatic N) is 3. The van der Waals surface area contributed by atoms with Crippen LogP contribution in [-0.2, 0) is 6.42 Å². The highest BCUT2D eigenvalue weighted by atomic mass is 32.1. The Morgan fingerprint density at radius 1 is 1.50 bits per heavy atom. The monoisotopic (exact) mass is 260 g/mol. The number of nitriles is 1. The van der Waals surface area contributed by atoms with Crippen molar-refractivity contribution in [2.75, 3.05) is 18.5 Å². The summed E-state index contributed by atoms with van der Waals surface area (Å²) in [4.78, 5) is 8.56. The molecule has 0 aliphatic carbocycles. The van der Waals surface area contributed by atoms with Gasteiger partial charge in [0.2, 0.25) is 5.69 Å². The van der Waals surface area contributed by atoms with Crippen LogP contribution in [0.5, 0.6) is 0 Å². The minimum Gasteiger partial charge on any atom is -0.370 e. The van der Waals surface area contributed by atoms with Crippen LogP contribution in [0, 0.1) is 22.5 Å². The Kier molecular flexibility index (Phi) is 4.88. The van der Waals surface area contributed by atoms with Crippen molar-refractivity contribution in [2.45, 2.75) is 26.7 Å². The molecule has 18 heavy (non-hydrogen) atoms. The molecule has 1 heterocycles. The summed E-state index contributed by atoms with van der Waals surface area (Å²) in [5.74, 6) is 0.715. The first kappa shape index (κ1) is 14.2. The molecule has 0 aliphatic rings. The molecular weight excluding hydrogens is 244 g/mol. The number of nitrogens with one attached hydrogen (secondary N) is 1. The van der Waals surface area contributed by atoms with E-state index >= 15 is 0 Å². The Morgan fingerprint density at radius 2 is 2.17 bits per heavy atom. The maximum absolute atomic E-state index is 9.13. The molecule has 94 valence electrons. The largest absolute Gasteiger partial charge is 0.370 e. The van der Waals surface area contributed by atoms with Gasteiger partial charge in [0.25, 0.3) is 0 Å². The van der Waals surface area contributed by atoms with Crippen molar-refractivity contribution in [2.24, 2.45) is 0 Å². The number of aromatic amines is 1. The predicted octanol–water partition coefficient (Wildman–Crippen LogP) is 3.58. The molecule has 0 amide bonds. The average Bonchev–Trinajstić information content (AvgIpc) is 2.37. The summed E-state index contributed by atoms with van der Waals surface area (Å²) in [6.07, 6.45) is 1.61. The van der Waals surface area contributed by atoms with E-state index in [0.717, 1.165) is 18.5 Å². The number of rotatable bonds is 4. The topological polar surface area (TPSA) is 47.2 Å². The van der Waals surface area contributed by atoms with Gasteiger partial charge in [-0.3, -0.25) is 0 Å². The van der Waals surface area contributed by atoms with E-state index < -0.39 is 0 Å². The summed E-state index contributed by atoms with van der Waals surface area (Å²) in [6.45, 7) is 12.2. The summed E-state index contributed by atoms with van der Waals surface area (Å²) >= 11 is 5.20. The molecule has 1 aromatic rings. The average molecular weight is 260 g/mol. The van der Waals surface area contributed by atoms with E-state index in [9.17, 15) is 0 Å². The first-order valence-electron chi connectivity index (χ1n) is 5.88. The minimum absolute atomic E-state index is 0.416. The molecule has 0 aliphatic heterocycles. The van der Waals surface area contributed by atoms with E-state index in [1.807, 2.05) is 18.9 Å². The van der Waals surface area contributed by atoms with Gasteiger partial charge in [-0.25, -0.2) is 4.85 Å². The number of hydrogen-bond donors (Lipinski definition) is 1. The Labute approximate surface area is 113 Å². The van der Waals surface area contributed by atoms with Crippen LogP contribution < -0.4 is 4.90 Å². The first-order chi connectivity index (χ1) is 8.60. The van der Waals surface area contributed by atoms with Gasteiger partial charge in [0.1, 0.15) is 16.5 Å². The Balaban J connectivity index is 3.57. The highest BCUT2D eigenvalue weighted by Gasteiger charge is 2.16. The van der Waals surface area contributed by atoms with Crippen molar-refractivity contribution in [3.63, 3.8) is 0 Å². The minimum atomic E-state index is 0.416. The Morgan fingerprint density at radius 3 is 2.61 bits per heavy atom. The van der Waals surface area contributed by atoms with Crippen molar-refractivity contribution >= 4 is 23.7 Å². The number of pyridine rings is 1. The molecule has 0 bridgehead atoms. The molecule has 1 rings (SSSR count). The van der Waals surface area contributed by atoms with Crippen LogP contribution in [0.4, 0.5) is 11.5 Å². The zero-order chi connectivity index (χ0) is 13.7. The van der Waals surface area contributed by atoms with Crippen molar-refractivity contribution < 1.29 is 0 Å². The van der Waals surface area contributed by atoms with Gasteiger partial charge in [-0.2, -0.15) is 5.26 Å². The molecule has 0 radical (unpaired) electrons. The molecule has 0 aromatic carbocycles. The Bertz CT molecular complexity index is 574. The van der Waals surface area contributed by atoms with Crippen LogP contribution in [0.3, 0.4) is 0 Å². The fourth-order valence-electron chi connectivity index (χ4n) is 1.93. The van der Waals surface area contributed by atoms with Crippen LogP contribution in [0.1, 0.15) is 31.4 Å². The van der Waals surface area contributed by atoms with Gasteiger partial charge < -0.3 is 9.88 Å². The molecule has 0 fully saturated rings. The first-order valence-corrected chi connectivity index (χ1v) is 6.29. The maximum Gasteiger partial charge on any atom is 0.230 e. The standard InChI is InChI=1S/C13H16N4S/c1-5-7-17(4)12-11(15-3)9(6-2)10(8-14)13(18)16-12/h5-7H2,1-2,4H3,(H,16,18). The second-order valence-electron chi connectivity index (χ2n) is 4.00. The summed E-state index contributed by atoms with van der Waals surface area (Å²) in [5, 5.41) is 9.13. The molecule has 1 aromatic heterocycles. The molecule has 0 atom stereocenters. The second kappa shape index (κ2) is 6.18. The normalized spacial score (nSPS) is 9.61. The van der Waals surface area contributed by atoms with Crippen molar-refractivity contribution in [1.82, 2.24) is 4.98 Å². The lowest BCUT2D eigenvalue weighted by Gasteiger charge is -2.21. The van der Waals surface area contributed by atoms with Crippen LogP contribution in [0.25, 0.3) is 4.85 Å². The summed E-state index contributed by atoms with van der Waals surface area (Å²) < 4.78 is 0.416. The molecule has 0 unspecified atom stereocenters. The summed E-state index contributed by atoms with van der Waals surface area (Å²) in [7, 11) is 1.92. The van der Waals surface area contributed by atoms with Gasteiger partial charge >= 0.3 is 0 Å². The quantitative estimate of drug-likeness (QED) is 0.665. The van der Waals surface area contributed by atoms with E-state index in [4.69, 9.17) is 24.1 Å². The second-order valence-corrected chi connectivity index (χ2v) is 4.41. The van der Waals surface area contributed by atoms with Crippen LogP contribution in [0.15, 0.2) is 0 Å². The number of aromatic nitrogens is 1. The maximum atomic E-state index is 9.13.